The molecular weight excluding hydrogens is 1310 g/mol. The first-order valence-electron chi connectivity index (χ1n) is 42.1. The largest absolute Gasteiger partial charge is 0.469 e. The molecule has 13 rings (SSSR count). The maximum absolute atomic E-state index is 14.8. The molecule has 12 saturated carbocycles. The lowest BCUT2D eigenvalue weighted by Crippen LogP contribution is -2.63. The van der Waals surface area contributed by atoms with Gasteiger partial charge in [0, 0.05) is 43.9 Å². The van der Waals surface area contributed by atoms with E-state index in [0.717, 1.165) is 115 Å². The Hall–Kier alpha value is -3.91. The molecule has 12 aliphatic carbocycles. The van der Waals surface area contributed by atoms with Crippen LogP contribution < -0.4 is 27.0 Å². The Balaban J connectivity index is 0.595. The van der Waals surface area contributed by atoms with E-state index in [1.165, 1.54) is 7.11 Å². The lowest BCUT2D eigenvalue weighted by atomic mass is 9.43. The van der Waals surface area contributed by atoms with Gasteiger partial charge in [0.1, 0.15) is 12.6 Å². The molecule has 0 saturated heterocycles. The summed E-state index contributed by atoms with van der Waals surface area (Å²) in [5, 5.41) is 86.7. The Kier molecular flexibility index (Phi) is 23.1. The summed E-state index contributed by atoms with van der Waals surface area (Å²) in [6, 6.07) is 8.66. The molecular formula is C86H137N5O13. The molecule has 4 amide bonds. The van der Waals surface area contributed by atoms with Gasteiger partial charge >= 0.3 is 12.1 Å². The van der Waals surface area contributed by atoms with Gasteiger partial charge in [-0.05, 0) is 312 Å². The van der Waals surface area contributed by atoms with Gasteiger partial charge in [0.2, 0.25) is 17.7 Å². The summed E-state index contributed by atoms with van der Waals surface area (Å²) in [6.45, 7) is 21.1. The second-order valence-corrected chi connectivity index (χ2v) is 39.2. The summed E-state index contributed by atoms with van der Waals surface area (Å²) in [7, 11) is 1.44. The van der Waals surface area contributed by atoms with Gasteiger partial charge in [-0.1, -0.05) is 92.6 Å². The lowest BCUT2D eigenvalue weighted by molar-refractivity contribution is -0.202. The molecule has 0 bridgehead atoms. The summed E-state index contributed by atoms with van der Waals surface area (Å²) in [5.74, 6) is 2.80. The zero-order chi connectivity index (χ0) is 74.3. The number of nitrogens with two attached hydrogens (primary N) is 1. The molecule has 0 unspecified atom stereocenters. The van der Waals surface area contributed by atoms with E-state index in [-0.39, 0.29) is 189 Å². The summed E-state index contributed by atoms with van der Waals surface area (Å²) in [6.07, 6.45) is 18.0. The summed E-state index contributed by atoms with van der Waals surface area (Å²) < 4.78 is 10.4. The average molecular weight is 1450 g/mol. The van der Waals surface area contributed by atoms with Gasteiger partial charge < -0.3 is 67.1 Å². The van der Waals surface area contributed by atoms with Gasteiger partial charge in [0.15, 0.2) is 0 Å². The normalized spacial score (nSPS) is 46.5. The fourth-order valence-electron chi connectivity index (χ4n) is 28.9. The molecule has 584 valence electrons. The van der Waals surface area contributed by atoms with Crippen molar-refractivity contribution in [1.29, 1.82) is 0 Å². The predicted molar refractivity (Wildman–Crippen MR) is 399 cm³/mol. The molecule has 104 heavy (non-hydrogen) atoms. The van der Waals surface area contributed by atoms with E-state index in [0.29, 0.717) is 76.5 Å². The topological polar surface area (TPSA) is 299 Å². The van der Waals surface area contributed by atoms with Gasteiger partial charge in [-0.3, -0.25) is 19.2 Å². The van der Waals surface area contributed by atoms with Gasteiger partial charge in [-0.15, -0.1) is 0 Å². The van der Waals surface area contributed by atoms with E-state index in [4.69, 9.17) is 15.2 Å². The first-order valence-corrected chi connectivity index (χ1v) is 42.1. The number of ether oxygens (including phenoxy) is 2. The Labute approximate surface area is 622 Å². The monoisotopic (exact) mass is 1450 g/mol. The van der Waals surface area contributed by atoms with Crippen LogP contribution in [0.5, 0.6) is 0 Å². The number of carbonyl (C=O) groups excluding carboxylic acids is 5. The van der Waals surface area contributed by atoms with Crippen LogP contribution in [0.3, 0.4) is 0 Å². The number of rotatable bonds is 22. The number of amides is 4. The van der Waals surface area contributed by atoms with Crippen LogP contribution in [0.25, 0.3) is 0 Å². The second kappa shape index (κ2) is 30.7. The van der Waals surface area contributed by atoms with Gasteiger partial charge in [0.05, 0.1) is 43.7 Å². The van der Waals surface area contributed by atoms with Crippen molar-refractivity contribution in [2.45, 2.75) is 316 Å². The third kappa shape index (κ3) is 14.1. The standard InChI is InChI=1S/C86H137N5O13/c1-47(18-27-73(98)89-55-31-34-82(5)52(38-55)41-68(93)78-62-26-23-59(49(3)20-29-75(100)103-10)86(62,9)72(97)44-64(78)82)57-21-25-61-77-65(45-71(96)84(57,61)7)83(6)35-32-56(39-53(83)42-69(77)94)90-79(101)66(17-14-36-88-80(102)104-46-50-15-12-11-13-16-50)91-74(99)28-19-48(2)58-22-24-60-76-63(43-70(95)85(58,60)8)81(4)33-30-54(87)37-51(81)40-67(76)92/h11-13,15-16,47-49,51-72,76-78,92-97H,14,17-46,87H2,1-10H3,(H,88,102)(H,89,98)(H,90,101)(H,91,99)/t47-,48-,49-,51+,52+,53+,54-,55-,56-,57-,58-,59-,60+,61+,62+,63+,64+,65+,66+,67-,68-,69-,70+,71+,72+,76+,77+,78+,81+,82+,83+,84-,85-,86-/m1/s1. The number of methoxy groups -OCH3 is 1. The number of aliphatic hydroxyl groups is 6. The number of alkyl carbamates (subject to hydrolysis) is 1. The first kappa shape index (κ1) is 78.2. The fourth-order valence-corrected chi connectivity index (χ4v) is 28.9. The number of hydrogen-bond acceptors (Lipinski definition) is 14. The molecule has 18 heteroatoms. The number of aliphatic hydroxyl groups excluding tert-OH is 6. The van der Waals surface area contributed by atoms with E-state index in [1.54, 1.807) is 0 Å². The zero-order valence-electron chi connectivity index (χ0n) is 65.1. The van der Waals surface area contributed by atoms with Crippen molar-refractivity contribution in [2.24, 2.45) is 145 Å². The number of carbonyl (C=O) groups is 5. The van der Waals surface area contributed by atoms with Crippen LogP contribution in [0, 0.1) is 139 Å². The molecule has 1 aromatic rings. The van der Waals surface area contributed by atoms with Crippen LogP contribution in [0.1, 0.15) is 254 Å². The number of fused-ring (bicyclic) bond motifs is 15. The third-order valence-electron chi connectivity index (χ3n) is 34.9. The van der Waals surface area contributed by atoms with Crippen molar-refractivity contribution < 1.29 is 64.1 Å². The van der Waals surface area contributed by atoms with Crippen molar-refractivity contribution in [3.05, 3.63) is 35.9 Å². The van der Waals surface area contributed by atoms with Gasteiger partial charge in [-0.25, -0.2) is 4.79 Å². The molecule has 12 aliphatic rings. The van der Waals surface area contributed by atoms with Crippen molar-refractivity contribution in [1.82, 2.24) is 21.3 Å². The maximum atomic E-state index is 14.8. The fraction of sp³-hybridized carbons (Fsp3) is 0.872. The van der Waals surface area contributed by atoms with E-state index in [2.05, 4.69) is 83.6 Å². The Morgan fingerprint density at radius 3 is 1.38 bits per heavy atom. The quantitative estimate of drug-likeness (QED) is 0.0380. The number of esters is 1. The van der Waals surface area contributed by atoms with E-state index >= 15 is 0 Å². The molecule has 34 atom stereocenters. The molecule has 1 aromatic carbocycles. The third-order valence-corrected chi connectivity index (χ3v) is 34.9. The minimum atomic E-state index is -0.851. The van der Waals surface area contributed by atoms with Crippen LogP contribution in [0.2, 0.25) is 0 Å². The van der Waals surface area contributed by atoms with Crippen molar-refractivity contribution >= 4 is 29.8 Å². The number of hydrogen-bond donors (Lipinski definition) is 11. The smallest absolute Gasteiger partial charge is 0.407 e. The SMILES string of the molecule is COC(=O)CC[C@@H](C)[C@H]1CC[C@H]2[C@@H]3[C@H](O)C[C@@H]4C[C@H](NC(=O)CC[C@@H](C)[C@H]5CC[C@H]6[C@@H]7[C@H](O)C[C@@H]8C[C@H](NC(=O)[C@H](CCCNC(=O)OCc9ccccc9)NC(=O)CC[C@@H](C)[C@H]9CC[C@H]%10[C@@H]%11[C@H](O)C[C@@H]%12C[C@H](N)CC[C@]%12(C)[C@H]%11C[C@H](O)[C@]9%10C)CC[C@]8(C)[C@H]7C[C@H](O)[C@]56C)CC[C@]4(C)[C@H]3C[C@H](O)[C@]12C. The molecule has 0 spiro atoms. The number of nitrogens with one attached hydrogen (secondary N) is 4. The van der Waals surface area contributed by atoms with E-state index < -0.39 is 54.2 Å². The van der Waals surface area contributed by atoms with Crippen LogP contribution in [0.4, 0.5) is 4.79 Å². The highest BCUT2D eigenvalue weighted by molar-refractivity contribution is 5.87. The van der Waals surface area contributed by atoms with Crippen LogP contribution in [-0.2, 0) is 35.3 Å². The molecule has 0 heterocycles. The summed E-state index contributed by atoms with van der Waals surface area (Å²) >= 11 is 0. The van der Waals surface area contributed by atoms with Crippen LogP contribution >= 0.6 is 0 Å². The predicted octanol–water partition coefficient (Wildman–Crippen LogP) is 11.7. The lowest BCUT2D eigenvalue weighted by Gasteiger charge is -2.63. The second-order valence-electron chi connectivity index (χ2n) is 39.2. The van der Waals surface area contributed by atoms with Crippen LogP contribution in [-0.4, -0.2) is 135 Å². The summed E-state index contributed by atoms with van der Waals surface area (Å²) in [5.41, 5.74) is 6.13. The molecule has 0 aliphatic heterocycles. The molecule has 12 fully saturated rings. The highest BCUT2D eigenvalue weighted by atomic mass is 16.5. The summed E-state index contributed by atoms with van der Waals surface area (Å²) in [4.78, 5) is 68.1. The minimum absolute atomic E-state index is 0.0325. The zero-order valence-corrected chi connectivity index (χ0v) is 65.1. The van der Waals surface area contributed by atoms with Crippen molar-refractivity contribution in [2.75, 3.05) is 13.7 Å². The van der Waals surface area contributed by atoms with Crippen LogP contribution in [0.15, 0.2) is 30.3 Å². The molecule has 18 nitrogen and oxygen atoms in total. The Morgan fingerprint density at radius 1 is 0.500 bits per heavy atom. The van der Waals surface area contributed by atoms with Gasteiger partial charge in [-0.2, -0.15) is 0 Å². The highest BCUT2D eigenvalue weighted by Crippen LogP contribution is 2.72. The molecule has 0 aromatic heterocycles. The molecule has 12 N–H and O–H groups in total. The Morgan fingerprint density at radius 2 is 0.923 bits per heavy atom. The first-order chi connectivity index (χ1) is 49.4. The Bertz CT molecular complexity index is 3200. The van der Waals surface area contributed by atoms with Crippen molar-refractivity contribution in [3.8, 4) is 0 Å². The van der Waals surface area contributed by atoms with Crippen molar-refractivity contribution in [3.63, 3.8) is 0 Å². The van der Waals surface area contributed by atoms with E-state index in [9.17, 15) is 54.6 Å². The van der Waals surface area contributed by atoms with Gasteiger partial charge in [0.25, 0.3) is 0 Å². The highest BCUT2D eigenvalue weighted by Gasteiger charge is 2.70. The maximum Gasteiger partial charge on any atom is 0.407 e. The number of benzene rings is 1. The molecule has 0 radical (unpaired) electrons. The van der Waals surface area contributed by atoms with E-state index in [1.807, 2.05) is 30.3 Å². The minimum Gasteiger partial charge on any atom is -0.469 e. The average Bonchev–Trinajstić information content (AvgIpc) is 1.43.